The SMILES string of the molecule is CC(=O)N1CCN(CCC2CN(C(=O)c3ccc(N(C)C)cc3)CCC2CC(=O)O)CC1. The van der Waals surface area contributed by atoms with Crippen LogP contribution in [0, 0.1) is 11.8 Å². The van der Waals surface area contributed by atoms with Crippen molar-refractivity contribution in [3.05, 3.63) is 29.8 Å². The molecule has 0 saturated carbocycles. The van der Waals surface area contributed by atoms with Gasteiger partial charge in [-0.1, -0.05) is 0 Å². The molecule has 2 aliphatic rings. The molecule has 8 nitrogen and oxygen atoms in total. The van der Waals surface area contributed by atoms with Crippen molar-refractivity contribution in [2.24, 2.45) is 11.8 Å². The van der Waals surface area contributed by atoms with Gasteiger partial charge in [-0.15, -0.1) is 0 Å². The zero-order valence-electron chi connectivity index (χ0n) is 19.5. The first-order valence-electron chi connectivity index (χ1n) is 11.5. The fourth-order valence-electron chi connectivity index (χ4n) is 4.80. The fourth-order valence-corrected chi connectivity index (χ4v) is 4.80. The maximum Gasteiger partial charge on any atom is 0.303 e. The molecule has 2 fully saturated rings. The molecular formula is C24H36N4O4. The molecule has 2 unspecified atom stereocenters. The van der Waals surface area contributed by atoms with E-state index < -0.39 is 5.97 Å². The molecule has 0 radical (unpaired) electrons. The van der Waals surface area contributed by atoms with Crippen molar-refractivity contribution in [2.75, 3.05) is 64.8 Å². The summed E-state index contributed by atoms with van der Waals surface area (Å²) in [4.78, 5) is 44.2. The van der Waals surface area contributed by atoms with Gasteiger partial charge in [0.2, 0.25) is 5.91 Å². The number of carboxylic acid groups (broad SMARTS) is 1. The molecule has 8 heteroatoms. The van der Waals surface area contributed by atoms with Gasteiger partial charge in [-0.05, 0) is 55.5 Å². The highest BCUT2D eigenvalue weighted by Gasteiger charge is 2.33. The Bertz CT molecular complexity index is 803. The lowest BCUT2D eigenvalue weighted by Crippen LogP contribution is -2.49. The third-order valence-corrected chi connectivity index (χ3v) is 6.88. The summed E-state index contributed by atoms with van der Waals surface area (Å²) in [7, 11) is 3.93. The molecule has 176 valence electrons. The summed E-state index contributed by atoms with van der Waals surface area (Å²) >= 11 is 0. The number of carbonyl (C=O) groups excluding carboxylic acids is 2. The van der Waals surface area contributed by atoms with Crippen molar-refractivity contribution in [3.8, 4) is 0 Å². The lowest BCUT2D eigenvalue weighted by molar-refractivity contribution is -0.139. The number of piperazine rings is 1. The number of amides is 2. The van der Waals surface area contributed by atoms with Gasteiger partial charge in [0, 0.05) is 78.0 Å². The predicted molar refractivity (Wildman–Crippen MR) is 124 cm³/mol. The van der Waals surface area contributed by atoms with Crippen molar-refractivity contribution in [1.82, 2.24) is 14.7 Å². The van der Waals surface area contributed by atoms with Gasteiger partial charge in [0.05, 0.1) is 0 Å². The number of anilines is 1. The van der Waals surface area contributed by atoms with Gasteiger partial charge in [-0.25, -0.2) is 0 Å². The van der Waals surface area contributed by atoms with Crippen molar-refractivity contribution in [1.29, 1.82) is 0 Å². The summed E-state index contributed by atoms with van der Waals surface area (Å²) in [6.07, 6.45) is 1.74. The van der Waals surface area contributed by atoms with Crippen LogP contribution in [0.15, 0.2) is 24.3 Å². The van der Waals surface area contributed by atoms with Crippen LogP contribution in [0.25, 0.3) is 0 Å². The molecule has 3 rings (SSSR count). The van der Waals surface area contributed by atoms with Crippen LogP contribution in [0.1, 0.15) is 36.5 Å². The van der Waals surface area contributed by atoms with Crippen molar-refractivity contribution in [3.63, 3.8) is 0 Å². The molecular weight excluding hydrogens is 408 g/mol. The predicted octanol–water partition coefficient (Wildman–Crippen LogP) is 1.86. The molecule has 2 atom stereocenters. The van der Waals surface area contributed by atoms with E-state index in [0.717, 1.165) is 51.3 Å². The lowest BCUT2D eigenvalue weighted by atomic mass is 9.81. The van der Waals surface area contributed by atoms with Gasteiger partial charge >= 0.3 is 5.97 Å². The van der Waals surface area contributed by atoms with Gasteiger partial charge in [0.15, 0.2) is 0 Å². The van der Waals surface area contributed by atoms with Gasteiger partial charge in [-0.2, -0.15) is 0 Å². The molecule has 1 aromatic rings. The standard InChI is InChI=1S/C24H36N4O4/c1-18(29)27-14-12-26(13-15-27)10-8-21-17-28(11-9-20(21)16-23(30)31)24(32)19-4-6-22(7-5-19)25(2)3/h4-7,20-21H,8-17H2,1-3H3,(H,30,31). The maximum absolute atomic E-state index is 13.1. The molecule has 0 spiro atoms. The Hall–Kier alpha value is -2.61. The first-order chi connectivity index (χ1) is 15.2. The van der Waals surface area contributed by atoms with Gasteiger partial charge in [-0.3, -0.25) is 19.3 Å². The summed E-state index contributed by atoms with van der Waals surface area (Å²) in [5, 5.41) is 9.37. The second-order valence-corrected chi connectivity index (χ2v) is 9.24. The third kappa shape index (κ3) is 6.22. The third-order valence-electron chi connectivity index (χ3n) is 6.88. The maximum atomic E-state index is 13.1. The van der Waals surface area contributed by atoms with E-state index in [-0.39, 0.29) is 30.1 Å². The Morgan fingerprint density at radius 2 is 1.62 bits per heavy atom. The van der Waals surface area contributed by atoms with E-state index in [1.54, 1.807) is 6.92 Å². The van der Waals surface area contributed by atoms with E-state index in [4.69, 9.17) is 0 Å². The molecule has 2 aliphatic heterocycles. The van der Waals surface area contributed by atoms with Gasteiger partial charge in [0.1, 0.15) is 0 Å². The first-order valence-corrected chi connectivity index (χ1v) is 11.5. The number of hydrogen-bond donors (Lipinski definition) is 1. The normalized spacial score (nSPS) is 22.0. The topological polar surface area (TPSA) is 84.4 Å². The molecule has 1 aromatic carbocycles. The average molecular weight is 445 g/mol. The number of carbonyl (C=O) groups is 3. The van der Waals surface area contributed by atoms with E-state index in [1.807, 2.05) is 53.1 Å². The van der Waals surface area contributed by atoms with Crippen LogP contribution in [0.5, 0.6) is 0 Å². The number of nitrogens with zero attached hydrogens (tertiary/aromatic N) is 4. The number of piperidine rings is 1. The number of likely N-dealkylation sites (tertiary alicyclic amines) is 1. The summed E-state index contributed by atoms with van der Waals surface area (Å²) in [6, 6.07) is 7.63. The number of benzene rings is 1. The highest BCUT2D eigenvalue weighted by Crippen LogP contribution is 2.30. The lowest BCUT2D eigenvalue weighted by Gasteiger charge is -2.40. The minimum Gasteiger partial charge on any atom is -0.481 e. The van der Waals surface area contributed by atoms with E-state index >= 15 is 0 Å². The van der Waals surface area contributed by atoms with Crippen molar-refractivity contribution in [2.45, 2.75) is 26.2 Å². The minimum absolute atomic E-state index is 0.0177. The number of rotatable bonds is 7. The molecule has 2 heterocycles. The number of aliphatic carboxylic acids is 1. The highest BCUT2D eigenvalue weighted by atomic mass is 16.4. The number of hydrogen-bond acceptors (Lipinski definition) is 5. The van der Waals surface area contributed by atoms with Crippen LogP contribution in [-0.2, 0) is 9.59 Å². The van der Waals surface area contributed by atoms with Crippen molar-refractivity contribution < 1.29 is 19.5 Å². The molecule has 0 bridgehead atoms. The largest absolute Gasteiger partial charge is 0.481 e. The summed E-state index contributed by atoms with van der Waals surface area (Å²) in [5.74, 6) is -0.383. The van der Waals surface area contributed by atoms with Crippen LogP contribution in [0.2, 0.25) is 0 Å². The van der Waals surface area contributed by atoms with E-state index in [2.05, 4.69) is 4.90 Å². The monoisotopic (exact) mass is 444 g/mol. The summed E-state index contributed by atoms with van der Waals surface area (Å²) in [6.45, 7) is 6.84. The average Bonchev–Trinajstić information content (AvgIpc) is 2.78. The van der Waals surface area contributed by atoms with Crippen LogP contribution in [0.4, 0.5) is 5.69 Å². The Balaban J connectivity index is 1.60. The summed E-state index contributed by atoms with van der Waals surface area (Å²) in [5.41, 5.74) is 1.72. The summed E-state index contributed by atoms with van der Waals surface area (Å²) < 4.78 is 0. The molecule has 1 N–H and O–H groups in total. The second kappa shape index (κ2) is 10.8. The second-order valence-electron chi connectivity index (χ2n) is 9.24. The highest BCUT2D eigenvalue weighted by molar-refractivity contribution is 5.94. The van der Waals surface area contributed by atoms with Crippen LogP contribution < -0.4 is 4.90 Å². The smallest absolute Gasteiger partial charge is 0.303 e. The van der Waals surface area contributed by atoms with Gasteiger partial charge < -0.3 is 19.8 Å². The molecule has 0 aromatic heterocycles. The Morgan fingerprint density at radius 1 is 0.969 bits per heavy atom. The van der Waals surface area contributed by atoms with E-state index in [1.165, 1.54) is 0 Å². The zero-order valence-corrected chi connectivity index (χ0v) is 19.5. The number of carboxylic acids is 1. The molecule has 0 aliphatic carbocycles. The van der Waals surface area contributed by atoms with Crippen LogP contribution in [0.3, 0.4) is 0 Å². The fraction of sp³-hybridized carbons (Fsp3) is 0.625. The minimum atomic E-state index is -0.769. The van der Waals surface area contributed by atoms with E-state index in [0.29, 0.717) is 18.7 Å². The van der Waals surface area contributed by atoms with Crippen molar-refractivity contribution >= 4 is 23.5 Å². The van der Waals surface area contributed by atoms with Gasteiger partial charge in [0.25, 0.3) is 5.91 Å². The van der Waals surface area contributed by atoms with Crippen LogP contribution in [-0.4, -0.2) is 97.5 Å². The van der Waals surface area contributed by atoms with E-state index in [9.17, 15) is 19.5 Å². The Morgan fingerprint density at radius 3 is 2.19 bits per heavy atom. The Kier molecular flexibility index (Phi) is 8.12. The molecule has 2 saturated heterocycles. The quantitative estimate of drug-likeness (QED) is 0.691. The first kappa shape index (κ1) is 24.0. The Labute approximate surface area is 190 Å². The zero-order chi connectivity index (χ0) is 23.3. The van der Waals surface area contributed by atoms with Crippen LogP contribution >= 0.6 is 0 Å². The molecule has 32 heavy (non-hydrogen) atoms. The molecule has 2 amide bonds.